The number of amides is 1. The van der Waals surface area contributed by atoms with Crippen LogP contribution in [0.25, 0.3) is 22.2 Å². The maximum absolute atomic E-state index is 12.6. The predicted molar refractivity (Wildman–Crippen MR) is 118 cm³/mol. The van der Waals surface area contributed by atoms with Crippen LogP contribution in [0.15, 0.2) is 53.7 Å². The Balaban J connectivity index is 1.70. The molecule has 3 aromatic heterocycles. The maximum atomic E-state index is 12.6. The van der Waals surface area contributed by atoms with Crippen molar-refractivity contribution in [2.45, 2.75) is 13.5 Å². The summed E-state index contributed by atoms with van der Waals surface area (Å²) in [6, 6.07) is 8.83. The van der Waals surface area contributed by atoms with Crippen molar-refractivity contribution in [3.05, 3.63) is 76.2 Å². The molecule has 0 aliphatic carbocycles. The summed E-state index contributed by atoms with van der Waals surface area (Å²) in [6.45, 7) is 2.06. The maximum Gasteiger partial charge on any atom is 0.251 e. The third kappa shape index (κ3) is 3.92. The topological polar surface area (TPSA) is 91.0 Å². The average Bonchev–Trinajstić information content (AvgIpc) is 3.10. The van der Waals surface area contributed by atoms with Gasteiger partial charge in [-0.05, 0) is 31.2 Å². The minimum absolute atomic E-state index is 0.226. The van der Waals surface area contributed by atoms with Crippen LogP contribution in [0.4, 0.5) is 0 Å². The highest BCUT2D eigenvalue weighted by molar-refractivity contribution is 5.97. The zero-order valence-electron chi connectivity index (χ0n) is 17.8. The van der Waals surface area contributed by atoms with Crippen molar-refractivity contribution in [3.63, 3.8) is 0 Å². The van der Waals surface area contributed by atoms with Crippen LogP contribution in [0.3, 0.4) is 0 Å². The zero-order chi connectivity index (χ0) is 22.1. The molecule has 0 aliphatic rings. The monoisotopic (exact) mass is 417 g/mol. The Morgan fingerprint density at radius 3 is 2.71 bits per heavy atom. The Labute approximate surface area is 179 Å². The molecule has 4 aromatic rings. The summed E-state index contributed by atoms with van der Waals surface area (Å²) in [5.74, 6) is 1.06. The molecule has 0 fully saturated rings. The summed E-state index contributed by atoms with van der Waals surface area (Å²) < 4.78 is 8.84. The molecule has 0 radical (unpaired) electrons. The fourth-order valence-corrected chi connectivity index (χ4v) is 3.51. The number of carbonyl (C=O) groups excluding carboxylic acids is 1. The van der Waals surface area contributed by atoms with Gasteiger partial charge in [0.2, 0.25) is 0 Å². The number of rotatable bonds is 5. The van der Waals surface area contributed by atoms with Gasteiger partial charge in [0.25, 0.3) is 11.5 Å². The first-order valence-electron chi connectivity index (χ1n) is 9.78. The number of benzene rings is 1. The zero-order valence-corrected chi connectivity index (χ0v) is 17.8. The molecule has 8 nitrogen and oxygen atoms in total. The normalized spacial score (nSPS) is 11.0. The van der Waals surface area contributed by atoms with E-state index in [0.29, 0.717) is 11.4 Å². The first-order valence-corrected chi connectivity index (χ1v) is 9.78. The molecule has 0 unspecified atom stereocenters. The molecule has 4 rings (SSSR count). The molecule has 1 aromatic carbocycles. The number of hydrogen-bond donors (Lipinski definition) is 1. The second-order valence-corrected chi connectivity index (χ2v) is 7.38. The number of pyridine rings is 1. The summed E-state index contributed by atoms with van der Waals surface area (Å²) in [5, 5.41) is 3.87. The van der Waals surface area contributed by atoms with Crippen LogP contribution in [0.2, 0.25) is 0 Å². The van der Waals surface area contributed by atoms with E-state index in [0.717, 1.165) is 33.5 Å². The molecule has 1 amide bonds. The van der Waals surface area contributed by atoms with Crippen LogP contribution < -0.4 is 15.6 Å². The lowest BCUT2D eigenvalue weighted by atomic mass is 10.1. The number of carbonyl (C=O) groups is 1. The highest BCUT2D eigenvalue weighted by Crippen LogP contribution is 2.33. The van der Waals surface area contributed by atoms with Gasteiger partial charge in [-0.15, -0.1) is 0 Å². The molecule has 0 bridgehead atoms. The lowest BCUT2D eigenvalue weighted by molar-refractivity contribution is 0.0950. The second-order valence-electron chi connectivity index (χ2n) is 7.38. The van der Waals surface area contributed by atoms with E-state index >= 15 is 0 Å². The van der Waals surface area contributed by atoms with Gasteiger partial charge in [-0.3, -0.25) is 9.59 Å². The van der Waals surface area contributed by atoms with Crippen molar-refractivity contribution in [1.29, 1.82) is 0 Å². The highest BCUT2D eigenvalue weighted by Gasteiger charge is 2.16. The Kier molecular flexibility index (Phi) is 5.29. The van der Waals surface area contributed by atoms with E-state index in [1.54, 1.807) is 32.6 Å². The van der Waals surface area contributed by atoms with Gasteiger partial charge in [0.05, 0.1) is 12.8 Å². The lowest BCUT2D eigenvalue weighted by Crippen LogP contribution is -2.26. The third-order valence-electron chi connectivity index (χ3n) is 5.24. The summed E-state index contributed by atoms with van der Waals surface area (Å²) >= 11 is 0. The van der Waals surface area contributed by atoms with E-state index < -0.39 is 0 Å². The minimum Gasteiger partial charge on any atom is -0.497 e. The minimum atomic E-state index is -0.330. The Morgan fingerprint density at radius 2 is 1.97 bits per heavy atom. The molecular formula is C23H23N5O3. The largest absolute Gasteiger partial charge is 0.497 e. The molecule has 158 valence electrons. The standard InChI is InChI=1S/C23H23N5O3/c1-14-24-11-16(12-25-23(30)15-7-8-27(2)21(29)9-15)22(26-14)19-13-28(3)20-6-5-17(31-4)10-18(19)20/h5-11,13H,12H2,1-4H3,(H,25,30). The van der Waals surface area contributed by atoms with Gasteiger partial charge in [0, 0.05) is 72.9 Å². The summed E-state index contributed by atoms with van der Waals surface area (Å²) in [7, 11) is 5.25. The quantitative estimate of drug-likeness (QED) is 0.539. The van der Waals surface area contributed by atoms with Gasteiger partial charge >= 0.3 is 0 Å². The molecule has 0 atom stereocenters. The van der Waals surface area contributed by atoms with Crippen LogP contribution >= 0.6 is 0 Å². The van der Waals surface area contributed by atoms with E-state index in [4.69, 9.17) is 4.74 Å². The fourth-order valence-electron chi connectivity index (χ4n) is 3.51. The van der Waals surface area contributed by atoms with E-state index in [9.17, 15) is 9.59 Å². The number of nitrogens with zero attached hydrogens (tertiary/aromatic N) is 4. The Hall–Kier alpha value is -3.94. The van der Waals surface area contributed by atoms with Gasteiger partial charge in [-0.2, -0.15) is 0 Å². The number of aromatic nitrogens is 4. The molecule has 31 heavy (non-hydrogen) atoms. The van der Waals surface area contributed by atoms with Gasteiger partial charge in [0.15, 0.2) is 0 Å². The number of hydrogen-bond acceptors (Lipinski definition) is 5. The van der Waals surface area contributed by atoms with Crippen LogP contribution in [0, 0.1) is 6.92 Å². The summed E-state index contributed by atoms with van der Waals surface area (Å²) in [5.41, 5.74) is 3.57. The second kappa shape index (κ2) is 8.06. The number of methoxy groups -OCH3 is 1. The van der Waals surface area contributed by atoms with E-state index in [1.807, 2.05) is 42.9 Å². The van der Waals surface area contributed by atoms with Gasteiger partial charge in [-0.1, -0.05) is 0 Å². The van der Waals surface area contributed by atoms with E-state index in [1.165, 1.54) is 10.6 Å². The SMILES string of the molecule is COc1ccc2c(c1)c(-c1nc(C)ncc1CNC(=O)c1ccn(C)c(=O)c1)cn2C. The van der Waals surface area contributed by atoms with Crippen LogP contribution in [0.5, 0.6) is 5.75 Å². The van der Waals surface area contributed by atoms with Crippen molar-refractivity contribution in [1.82, 2.24) is 24.4 Å². The van der Waals surface area contributed by atoms with Crippen molar-refractivity contribution >= 4 is 16.8 Å². The molecular weight excluding hydrogens is 394 g/mol. The molecule has 1 N–H and O–H groups in total. The fraction of sp³-hybridized carbons (Fsp3) is 0.217. The van der Waals surface area contributed by atoms with E-state index in [2.05, 4.69) is 15.3 Å². The Bertz CT molecular complexity index is 1350. The van der Waals surface area contributed by atoms with Crippen molar-refractivity contribution < 1.29 is 9.53 Å². The van der Waals surface area contributed by atoms with E-state index in [-0.39, 0.29) is 18.0 Å². The number of ether oxygens (including phenoxy) is 1. The molecule has 0 saturated carbocycles. The van der Waals surface area contributed by atoms with Gasteiger partial charge in [-0.25, -0.2) is 9.97 Å². The van der Waals surface area contributed by atoms with Crippen LogP contribution in [0.1, 0.15) is 21.7 Å². The average molecular weight is 417 g/mol. The number of nitrogens with one attached hydrogen (secondary N) is 1. The van der Waals surface area contributed by atoms with Crippen LogP contribution in [-0.4, -0.2) is 32.1 Å². The van der Waals surface area contributed by atoms with Crippen molar-refractivity contribution in [2.24, 2.45) is 14.1 Å². The van der Waals surface area contributed by atoms with Crippen LogP contribution in [-0.2, 0) is 20.6 Å². The van der Waals surface area contributed by atoms with Crippen molar-refractivity contribution in [2.75, 3.05) is 7.11 Å². The first-order chi connectivity index (χ1) is 14.9. The predicted octanol–water partition coefficient (Wildman–Crippen LogP) is 2.58. The highest BCUT2D eigenvalue weighted by atomic mass is 16.5. The molecule has 8 heteroatoms. The summed E-state index contributed by atoms with van der Waals surface area (Å²) in [6.07, 6.45) is 5.31. The number of fused-ring (bicyclic) bond motifs is 1. The number of aryl methyl sites for hydroxylation is 3. The van der Waals surface area contributed by atoms with Gasteiger partial charge in [0.1, 0.15) is 11.6 Å². The molecule has 0 aliphatic heterocycles. The van der Waals surface area contributed by atoms with Crippen molar-refractivity contribution in [3.8, 4) is 17.0 Å². The molecule has 0 saturated heterocycles. The van der Waals surface area contributed by atoms with Gasteiger partial charge < -0.3 is 19.2 Å². The first kappa shape index (κ1) is 20.3. The lowest BCUT2D eigenvalue weighted by Gasteiger charge is -2.11. The third-order valence-corrected chi connectivity index (χ3v) is 5.24. The molecule has 0 spiro atoms. The summed E-state index contributed by atoms with van der Waals surface area (Å²) in [4.78, 5) is 33.4. The molecule has 3 heterocycles. The smallest absolute Gasteiger partial charge is 0.251 e. The Morgan fingerprint density at radius 1 is 1.16 bits per heavy atom.